The number of hydrogen-bond donors (Lipinski definition) is 1. The van der Waals surface area contributed by atoms with E-state index in [1.807, 2.05) is 18.7 Å². The fourth-order valence-electron chi connectivity index (χ4n) is 2.92. The van der Waals surface area contributed by atoms with Crippen LogP contribution in [-0.4, -0.2) is 56.4 Å². The van der Waals surface area contributed by atoms with Crippen LogP contribution in [0.2, 0.25) is 0 Å². The molecule has 0 aliphatic carbocycles. The Morgan fingerprint density at radius 1 is 1.52 bits per heavy atom. The second-order valence-corrected chi connectivity index (χ2v) is 7.23. The number of nitrogens with one attached hydrogen (secondary N) is 1. The van der Waals surface area contributed by atoms with Crippen molar-refractivity contribution in [1.29, 1.82) is 0 Å². The molecule has 124 valence electrons. The topological polar surface area (TPSA) is 75.9 Å². The van der Waals surface area contributed by atoms with Crippen LogP contribution in [0.25, 0.3) is 0 Å². The number of thioether (sulfide) groups is 1. The minimum absolute atomic E-state index is 0.0108. The van der Waals surface area contributed by atoms with Gasteiger partial charge in [0.25, 0.3) is 0 Å². The first kappa shape index (κ1) is 16.4. The summed E-state index contributed by atoms with van der Waals surface area (Å²) in [5.74, 6) is 1.33. The summed E-state index contributed by atoms with van der Waals surface area (Å²) < 4.78 is 2.06. The molecule has 1 amide bonds. The molecule has 1 saturated heterocycles. The van der Waals surface area contributed by atoms with Crippen molar-refractivity contribution < 1.29 is 4.79 Å². The fourth-order valence-corrected chi connectivity index (χ4v) is 3.95. The lowest BCUT2D eigenvalue weighted by atomic mass is 9.97. The molecule has 1 fully saturated rings. The molecule has 0 radical (unpaired) electrons. The standard InChI is InChI=1S/C14H20N6OS2/c1-19-12(17-18-14(19)22-2)10-4-3-6-20(8-10)9-11(21)16-13-15-5-7-23-13/h5,7,10H,3-4,6,8-9H2,1-2H3,(H,15,16,21)/t10-/m1/s1. The maximum Gasteiger partial charge on any atom is 0.240 e. The molecular formula is C14H20N6OS2. The number of carbonyl (C=O) groups is 1. The maximum atomic E-state index is 12.1. The SMILES string of the molecule is CSc1nnc([C@@H]2CCCN(CC(=O)Nc3nccs3)C2)n1C. The van der Waals surface area contributed by atoms with Crippen molar-refractivity contribution in [2.24, 2.45) is 7.05 Å². The van der Waals surface area contributed by atoms with Crippen LogP contribution in [0.1, 0.15) is 24.6 Å². The van der Waals surface area contributed by atoms with E-state index in [-0.39, 0.29) is 5.91 Å². The molecule has 2 aromatic heterocycles. The predicted molar refractivity (Wildman–Crippen MR) is 91.9 cm³/mol. The van der Waals surface area contributed by atoms with Gasteiger partial charge in [-0.2, -0.15) is 0 Å². The molecule has 0 aromatic carbocycles. The number of amides is 1. The van der Waals surface area contributed by atoms with Gasteiger partial charge in [-0.15, -0.1) is 21.5 Å². The van der Waals surface area contributed by atoms with Gasteiger partial charge >= 0.3 is 0 Å². The third-order valence-corrected chi connectivity index (χ3v) is 5.38. The number of carbonyl (C=O) groups excluding carboxylic acids is 1. The Hall–Kier alpha value is -1.45. The molecule has 1 N–H and O–H groups in total. The van der Waals surface area contributed by atoms with Crippen molar-refractivity contribution in [3.05, 3.63) is 17.4 Å². The van der Waals surface area contributed by atoms with Gasteiger partial charge in [0.05, 0.1) is 6.54 Å². The third kappa shape index (κ3) is 3.91. The molecule has 9 heteroatoms. The zero-order chi connectivity index (χ0) is 16.2. The van der Waals surface area contributed by atoms with Gasteiger partial charge in [-0.05, 0) is 25.6 Å². The van der Waals surface area contributed by atoms with E-state index in [1.165, 1.54) is 11.3 Å². The highest BCUT2D eigenvalue weighted by Gasteiger charge is 2.26. The second kappa shape index (κ2) is 7.41. The minimum Gasteiger partial charge on any atom is -0.309 e. The molecule has 1 aliphatic rings. The van der Waals surface area contributed by atoms with Crippen molar-refractivity contribution in [3.8, 4) is 0 Å². The van der Waals surface area contributed by atoms with Crippen LogP contribution in [-0.2, 0) is 11.8 Å². The molecule has 1 atom stereocenters. The third-order valence-electron chi connectivity index (χ3n) is 3.97. The molecule has 3 rings (SSSR count). The average Bonchev–Trinajstić information content (AvgIpc) is 3.16. The number of piperidine rings is 1. The zero-order valence-corrected chi connectivity index (χ0v) is 14.9. The Balaban J connectivity index is 1.59. The van der Waals surface area contributed by atoms with Crippen LogP contribution in [0.3, 0.4) is 0 Å². The molecule has 7 nitrogen and oxygen atoms in total. The Morgan fingerprint density at radius 3 is 3.09 bits per heavy atom. The van der Waals surface area contributed by atoms with Crippen LogP contribution >= 0.6 is 23.1 Å². The normalized spacial score (nSPS) is 19.0. The van der Waals surface area contributed by atoms with Crippen LogP contribution in [0.4, 0.5) is 5.13 Å². The molecule has 2 aromatic rings. The van der Waals surface area contributed by atoms with Crippen molar-refractivity contribution in [2.45, 2.75) is 23.9 Å². The largest absolute Gasteiger partial charge is 0.309 e. The highest BCUT2D eigenvalue weighted by atomic mass is 32.2. The number of anilines is 1. The molecular weight excluding hydrogens is 332 g/mol. The van der Waals surface area contributed by atoms with Gasteiger partial charge in [-0.1, -0.05) is 11.8 Å². The first-order valence-electron chi connectivity index (χ1n) is 7.52. The first-order chi connectivity index (χ1) is 11.2. The Kier molecular flexibility index (Phi) is 5.29. The lowest BCUT2D eigenvalue weighted by Gasteiger charge is -2.31. The van der Waals surface area contributed by atoms with E-state index >= 15 is 0 Å². The summed E-state index contributed by atoms with van der Waals surface area (Å²) in [5, 5.41) is 14.8. The summed E-state index contributed by atoms with van der Waals surface area (Å²) in [7, 11) is 2.01. The quantitative estimate of drug-likeness (QED) is 0.827. The smallest absolute Gasteiger partial charge is 0.240 e. The van der Waals surface area contributed by atoms with Crippen molar-refractivity contribution >= 4 is 34.1 Å². The zero-order valence-electron chi connectivity index (χ0n) is 13.2. The van der Waals surface area contributed by atoms with Crippen molar-refractivity contribution in [2.75, 3.05) is 31.2 Å². The number of aromatic nitrogens is 4. The van der Waals surface area contributed by atoms with Crippen LogP contribution in [0.5, 0.6) is 0 Å². The average molecular weight is 352 g/mol. The summed E-state index contributed by atoms with van der Waals surface area (Å²) in [6, 6.07) is 0. The van der Waals surface area contributed by atoms with E-state index in [9.17, 15) is 4.79 Å². The summed E-state index contributed by atoms with van der Waals surface area (Å²) in [6.07, 6.45) is 5.85. The number of thiazole rings is 1. The highest BCUT2D eigenvalue weighted by Crippen LogP contribution is 2.27. The molecule has 0 bridgehead atoms. The predicted octanol–water partition coefficient (Wildman–Crippen LogP) is 1.81. The van der Waals surface area contributed by atoms with Crippen molar-refractivity contribution in [1.82, 2.24) is 24.6 Å². The molecule has 1 aliphatic heterocycles. The maximum absolute atomic E-state index is 12.1. The molecule has 0 unspecified atom stereocenters. The number of nitrogens with zero attached hydrogens (tertiary/aromatic N) is 5. The summed E-state index contributed by atoms with van der Waals surface area (Å²) in [4.78, 5) is 18.4. The van der Waals surface area contributed by atoms with E-state index in [2.05, 4.69) is 30.0 Å². The molecule has 23 heavy (non-hydrogen) atoms. The van der Waals surface area contributed by atoms with Crippen LogP contribution in [0.15, 0.2) is 16.7 Å². The minimum atomic E-state index is -0.0108. The fraction of sp³-hybridized carbons (Fsp3) is 0.571. The van der Waals surface area contributed by atoms with E-state index in [1.54, 1.807) is 18.0 Å². The molecule has 0 spiro atoms. The summed E-state index contributed by atoms with van der Waals surface area (Å²) in [5.41, 5.74) is 0. The molecule has 3 heterocycles. The summed E-state index contributed by atoms with van der Waals surface area (Å²) in [6.45, 7) is 2.17. The lowest BCUT2D eigenvalue weighted by Crippen LogP contribution is -2.40. The summed E-state index contributed by atoms with van der Waals surface area (Å²) >= 11 is 3.03. The number of likely N-dealkylation sites (tertiary alicyclic amines) is 1. The molecule has 0 saturated carbocycles. The van der Waals surface area contributed by atoms with Crippen LogP contribution < -0.4 is 5.32 Å². The Labute approximate surface area is 143 Å². The van der Waals surface area contributed by atoms with Gasteiger partial charge in [-0.25, -0.2) is 4.98 Å². The lowest BCUT2D eigenvalue weighted by molar-refractivity contribution is -0.117. The van der Waals surface area contributed by atoms with E-state index in [4.69, 9.17) is 0 Å². The monoisotopic (exact) mass is 352 g/mol. The second-order valence-electron chi connectivity index (χ2n) is 5.56. The van der Waals surface area contributed by atoms with Gasteiger partial charge < -0.3 is 9.88 Å². The number of rotatable bonds is 5. The number of hydrogen-bond acceptors (Lipinski definition) is 7. The Morgan fingerprint density at radius 2 is 2.39 bits per heavy atom. The van der Waals surface area contributed by atoms with E-state index in [0.717, 1.165) is 36.9 Å². The van der Waals surface area contributed by atoms with Crippen molar-refractivity contribution in [3.63, 3.8) is 0 Å². The van der Waals surface area contributed by atoms with Crippen LogP contribution in [0, 0.1) is 0 Å². The Bertz CT molecular complexity index is 656. The van der Waals surface area contributed by atoms with Gasteiger partial charge in [0.1, 0.15) is 5.82 Å². The van der Waals surface area contributed by atoms with Gasteiger partial charge in [0.2, 0.25) is 5.91 Å². The highest BCUT2D eigenvalue weighted by molar-refractivity contribution is 7.98. The van der Waals surface area contributed by atoms with Gasteiger partial charge in [0.15, 0.2) is 10.3 Å². The van der Waals surface area contributed by atoms with Gasteiger partial charge in [-0.3, -0.25) is 9.69 Å². The first-order valence-corrected chi connectivity index (χ1v) is 9.62. The van der Waals surface area contributed by atoms with E-state index < -0.39 is 0 Å². The van der Waals surface area contributed by atoms with Gasteiger partial charge in [0, 0.05) is 31.1 Å². The van der Waals surface area contributed by atoms with E-state index in [0.29, 0.717) is 17.6 Å².